The summed E-state index contributed by atoms with van der Waals surface area (Å²) in [6.07, 6.45) is 1.74. The lowest BCUT2D eigenvalue weighted by molar-refractivity contribution is 0.0839. The van der Waals surface area contributed by atoms with Gasteiger partial charge in [0.25, 0.3) is 0 Å². The summed E-state index contributed by atoms with van der Waals surface area (Å²) in [5, 5.41) is 0. The summed E-state index contributed by atoms with van der Waals surface area (Å²) < 4.78 is 5.29. The molecule has 1 aromatic rings. The maximum absolute atomic E-state index is 11.8. The number of hydrogen-bond donors (Lipinski definition) is 0. The number of alkyl halides is 1. The number of ether oxygens (including phenoxy) is 1. The molecule has 1 aliphatic rings. The van der Waals surface area contributed by atoms with Gasteiger partial charge < -0.3 is 9.64 Å². The molecule has 0 spiro atoms. The van der Waals surface area contributed by atoms with E-state index in [1.165, 1.54) is 0 Å². The Morgan fingerprint density at radius 1 is 1.28 bits per heavy atom. The molecule has 0 aromatic heterocycles. The van der Waals surface area contributed by atoms with Gasteiger partial charge in [-0.05, 0) is 24.3 Å². The third-order valence-electron chi connectivity index (χ3n) is 3.30. The molecule has 0 N–H and O–H groups in total. The Morgan fingerprint density at radius 2 is 1.94 bits per heavy atom. The highest BCUT2D eigenvalue weighted by Crippen LogP contribution is 2.19. The van der Waals surface area contributed by atoms with E-state index in [4.69, 9.17) is 16.3 Å². The highest BCUT2D eigenvalue weighted by molar-refractivity contribution is 6.18. The summed E-state index contributed by atoms with van der Waals surface area (Å²) in [6, 6.07) is 9.73. The summed E-state index contributed by atoms with van der Waals surface area (Å²) in [5.41, 5.74) is 1.02. The molecule has 0 atom stereocenters. The van der Waals surface area contributed by atoms with Crippen molar-refractivity contribution >= 4 is 17.7 Å². The van der Waals surface area contributed by atoms with Crippen LogP contribution < -0.4 is 0 Å². The minimum absolute atomic E-state index is 0.216. The van der Waals surface area contributed by atoms with Crippen molar-refractivity contribution in [2.75, 3.05) is 19.0 Å². The number of amides is 1. The summed E-state index contributed by atoms with van der Waals surface area (Å²) in [6.45, 7) is 1.85. The Bertz CT molecular complexity index is 375. The van der Waals surface area contributed by atoms with Gasteiger partial charge in [-0.25, -0.2) is 4.79 Å². The number of nitrogens with zero attached hydrogens (tertiary/aromatic N) is 1. The summed E-state index contributed by atoms with van der Waals surface area (Å²) in [4.78, 5) is 13.6. The maximum atomic E-state index is 11.8. The molecule has 0 radical (unpaired) electrons. The standard InChI is InChI=1S/C14H18ClNO2/c15-10-12-6-8-16(9-7-12)14(17)18-11-13-4-2-1-3-5-13/h1-5,12H,6-11H2. The van der Waals surface area contributed by atoms with Crippen LogP contribution in [0.1, 0.15) is 18.4 Å². The first-order chi connectivity index (χ1) is 8.79. The van der Waals surface area contributed by atoms with E-state index in [0.717, 1.165) is 31.5 Å². The molecular formula is C14H18ClNO2. The number of rotatable bonds is 3. The topological polar surface area (TPSA) is 29.5 Å². The van der Waals surface area contributed by atoms with Gasteiger partial charge in [-0.3, -0.25) is 0 Å². The van der Waals surface area contributed by atoms with Crippen LogP contribution in [0, 0.1) is 5.92 Å². The first kappa shape index (κ1) is 13.2. The molecule has 0 unspecified atom stereocenters. The molecule has 1 amide bonds. The van der Waals surface area contributed by atoms with Crippen LogP contribution in [0.2, 0.25) is 0 Å². The van der Waals surface area contributed by atoms with Crippen molar-refractivity contribution in [3.8, 4) is 0 Å². The van der Waals surface area contributed by atoms with Crippen LogP contribution in [0.3, 0.4) is 0 Å². The van der Waals surface area contributed by atoms with Crippen molar-refractivity contribution in [3.05, 3.63) is 35.9 Å². The van der Waals surface area contributed by atoms with Gasteiger partial charge in [0.15, 0.2) is 0 Å². The smallest absolute Gasteiger partial charge is 0.410 e. The van der Waals surface area contributed by atoms with Crippen LogP contribution >= 0.6 is 11.6 Å². The predicted molar refractivity (Wildman–Crippen MR) is 71.6 cm³/mol. The average molecular weight is 268 g/mol. The quantitative estimate of drug-likeness (QED) is 0.787. The number of benzene rings is 1. The molecule has 1 aromatic carbocycles. The second-order valence-corrected chi connectivity index (χ2v) is 4.93. The fourth-order valence-electron chi connectivity index (χ4n) is 2.08. The van der Waals surface area contributed by atoms with Crippen molar-refractivity contribution in [2.45, 2.75) is 19.4 Å². The fourth-order valence-corrected chi connectivity index (χ4v) is 2.39. The molecule has 0 bridgehead atoms. The van der Waals surface area contributed by atoms with E-state index in [2.05, 4.69) is 0 Å². The van der Waals surface area contributed by atoms with Crippen LogP contribution in [-0.2, 0) is 11.3 Å². The predicted octanol–water partition coefficient (Wildman–Crippen LogP) is 3.27. The third-order valence-corrected chi connectivity index (χ3v) is 3.73. The van der Waals surface area contributed by atoms with Crippen molar-refractivity contribution in [1.82, 2.24) is 4.90 Å². The van der Waals surface area contributed by atoms with E-state index in [1.54, 1.807) is 4.90 Å². The largest absolute Gasteiger partial charge is 0.445 e. The molecule has 3 nitrogen and oxygen atoms in total. The molecule has 1 saturated heterocycles. The SMILES string of the molecule is O=C(OCc1ccccc1)N1CCC(CCl)CC1. The minimum atomic E-state index is -0.216. The molecule has 18 heavy (non-hydrogen) atoms. The van der Waals surface area contributed by atoms with Gasteiger partial charge in [-0.2, -0.15) is 0 Å². The van der Waals surface area contributed by atoms with Gasteiger partial charge in [0, 0.05) is 19.0 Å². The lowest BCUT2D eigenvalue weighted by atomic mass is 9.99. The second-order valence-electron chi connectivity index (χ2n) is 4.62. The van der Waals surface area contributed by atoms with Crippen LogP contribution in [0.25, 0.3) is 0 Å². The summed E-state index contributed by atoms with van der Waals surface area (Å²) in [5.74, 6) is 1.23. The zero-order valence-electron chi connectivity index (χ0n) is 10.3. The molecule has 0 saturated carbocycles. The highest BCUT2D eigenvalue weighted by Gasteiger charge is 2.22. The van der Waals surface area contributed by atoms with Crippen LogP contribution in [-0.4, -0.2) is 30.0 Å². The Balaban J connectivity index is 1.75. The van der Waals surface area contributed by atoms with E-state index in [9.17, 15) is 4.79 Å². The molecule has 1 heterocycles. The molecule has 0 aliphatic carbocycles. The van der Waals surface area contributed by atoms with Crippen LogP contribution in [0.15, 0.2) is 30.3 Å². The Labute approximate surface area is 113 Å². The molecule has 2 rings (SSSR count). The van der Waals surface area contributed by atoms with E-state index in [0.29, 0.717) is 18.4 Å². The van der Waals surface area contributed by atoms with Crippen LogP contribution in [0.5, 0.6) is 0 Å². The van der Waals surface area contributed by atoms with Gasteiger partial charge in [0.2, 0.25) is 0 Å². The zero-order valence-corrected chi connectivity index (χ0v) is 11.1. The maximum Gasteiger partial charge on any atom is 0.410 e. The van der Waals surface area contributed by atoms with Crippen molar-refractivity contribution in [1.29, 1.82) is 0 Å². The minimum Gasteiger partial charge on any atom is -0.445 e. The van der Waals surface area contributed by atoms with E-state index < -0.39 is 0 Å². The molecule has 4 heteroatoms. The number of hydrogen-bond acceptors (Lipinski definition) is 2. The first-order valence-electron chi connectivity index (χ1n) is 6.31. The normalized spacial score (nSPS) is 16.6. The number of likely N-dealkylation sites (tertiary alicyclic amines) is 1. The van der Waals surface area contributed by atoms with Gasteiger partial charge in [0.05, 0.1) is 0 Å². The fraction of sp³-hybridized carbons (Fsp3) is 0.500. The van der Waals surface area contributed by atoms with Gasteiger partial charge >= 0.3 is 6.09 Å². The molecule has 1 aliphatic heterocycles. The lowest BCUT2D eigenvalue weighted by Crippen LogP contribution is -2.39. The van der Waals surface area contributed by atoms with Gasteiger partial charge in [-0.15, -0.1) is 11.6 Å². The summed E-state index contributed by atoms with van der Waals surface area (Å²) in [7, 11) is 0. The summed E-state index contributed by atoms with van der Waals surface area (Å²) >= 11 is 5.81. The first-order valence-corrected chi connectivity index (χ1v) is 6.84. The van der Waals surface area contributed by atoms with Crippen molar-refractivity contribution < 1.29 is 9.53 Å². The van der Waals surface area contributed by atoms with E-state index in [-0.39, 0.29) is 6.09 Å². The number of carbonyl (C=O) groups is 1. The Kier molecular flexibility index (Phi) is 4.88. The Morgan fingerprint density at radius 3 is 2.56 bits per heavy atom. The molecular weight excluding hydrogens is 250 g/mol. The Hall–Kier alpha value is -1.22. The van der Waals surface area contributed by atoms with Crippen molar-refractivity contribution in [2.24, 2.45) is 5.92 Å². The third kappa shape index (κ3) is 3.64. The average Bonchev–Trinajstić information content (AvgIpc) is 2.46. The number of halogens is 1. The van der Waals surface area contributed by atoms with E-state index >= 15 is 0 Å². The highest BCUT2D eigenvalue weighted by atomic mass is 35.5. The second kappa shape index (κ2) is 6.64. The zero-order chi connectivity index (χ0) is 12.8. The van der Waals surface area contributed by atoms with Gasteiger partial charge in [0.1, 0.15) is 6.61 Å². The molecule has 1 fully saturated rings. The van der Waals surface area contributed by atoms with Crippen LogP contribution in [0.4, 0.5) is 4.79 Å². The monoisotopic (exact) mass is 267 g/mol. The number of piperidine rings is 1. The van der Waals surface area contributed by atoms with Gasteiger partial charge in [-0.1, -0.05) is 30.3 Å². The number of carbonyl (C=O) groups excluding carboxylic acids is 1. The lowest BCUT2D eigenvalue weighted by Gasteiger charge is -2.30. The van der Waals surface area contributed by atoms with E-state index in [1.807, 2.05) is 30.3 Å². The molecule has 98 valence electrons. The van der Waals surface area contributed by atoms with Crippen molar-refractivity contribution in [3.63, 3.8) is 0 Å².